The fraction of sp³-hybridized carbons (Fsp3) is 0.933. The molecule has 0 radical (unpaired) electrons. The summed E-state index contributed by atoms with van der Waals surface area (Å²) in [6.07, 6.45) is 7.01. The molecule has 108 valence electrons. The van der Waals surface area contributed by atoms with Crippen LogP contribution in [0.1, 0.15) is 44.9 Å². The van der Waals surface area contributed by atoms with Gasteiger partial charge in [0, 0.05) is 19.6 Å². The van der Waals surface area contributed by atoms with Crippen LogP contribution in [0.25, 0.3) is 0 Å². The Balaban J connectivity index is 1.69. The number of thioether (sulfide) groups is 1. The molecule has 1 saturated carbocycles. The van der Waals surface area contributed by atoms with Gasteiger partial charge in [0.15, 0.2) is 5.78 Å². The molecule has 3 fully saturated rings. The van der Waals surface area contributed by atoms with Gasteiger partial charge in [0.1, 0.15) is 5.60 Å². The lowest BCUT2D eigenvalue weighted by atomic mass is 9.69. The average molecular weight is 284 g/mol. The molecule has 2 aliphatic heterocycles. The second kappa shape index (κ2) is 5.38. The minimum absolute atomic E-state index is 0.00249. The Hall–Kier alpha value is -0.0600. The summed E-state index contributed by atoms with van der Waals surface area (Å²) in [6, 6.07) is 0. The molecular formula is C15H24O3S. The van der Waals surface area contributed by atoms with Crippen molar-refractivity contribution in [1.82, 2.24) is 0 Å². The second-order valence-electron chi connectivity index (χ2n) is 6.25. The Morgan fingerprint density at radius 2 is 2.00 bits per heavy atom. The summed E-state index contributed by atoms with van der Waals surface area (Å²) in [5.41, 5.74) is -0.435. The number of hydrogen-bond acceptors (Lipinski definition) is 4. The maximum atomic E-state index is 12.8. The van der Waals surface area contributed by atoms with E-state index >= 15 is 0 Å². The summed E-state index contributed by atoms with van der Waals surface area (Å²) in [6.45, 7) is 0.751. The zero-order valence-electron chi connectivity index (χ0n) is 11.8. The third kappa shape index (κ3) is 2.47. The van der Waals surface area contributed by atoms with Gasteiger partial charge in [-0.3, -0.25) is 4.79 Å². The topological polar surface area (TPSA) is 35.5 Å². The summed E-state index contributed by atoms with van der Waals surface area (Å²) < 4.78 is 11.6. The molecule has 0 bridgehead atoms. The predicted molar refractivity (Wildman–Crippen MR) is 76.6 cm³/mol. The van der Waals surface area contributed by atoms with Gasteiger partial charge in [0.25, 0.3) is 0 Å². The number of hydrogen-bond donors (Lipinski definition) is 0. The molecule has 0 aromatic heterocycles. The molecule has 3 rings (SSSR count). The third-order valence-corrected chi connectivity index (χ3v) is 6.25. The first kappa shape index (κ1) is 13.9. The molecule has 0 amide bonds. The lowest BCUT2D eigenvalue weighted by molar-refractivity contribution is -0.167. The van der Waals surface area contributed by atoms with E-state index in [1.807, 2.05) is 11.8 Å². The summed E-state index contributed by atoms with van der Waals surface area (Å²) in [5, 5.41) is 0. The first-order chi connectivity index (χ1) is 9.20. The summed E-state index contributed by atoms with van der Waals surface area (Å²) in [7, 11) is 1.70. The molecule has 2 heterocycles. The van der Waals surface area contributed by atoms with Crippen LogP contribution >= 0.6 is 11.8 Å². The first-order valence-corrected chi connectivity index (χ1v) is 8.66. The van der Waals surface area contributed by atoms with Crippen LogP contribution in [0.5, 0.6) is 0 Å². The molecule has 1 spiro atoms. The van der Waals surface area contributed by atoms with E-state index in [1.54, 1.807) is 7.11 Å². The van der Waals surface area contributed by atoms with Crippen molar-refractivity contribution in [2.45, 2.75) is 56.1 Å². The average Bonchev–Trinajstić information content (AvgIpc) is 2.39. The molecule has 1 atom stereocenters. The molecule has 19 heavy (non-hydrogen) atoms. The Labute approximate surface area is 119 Å². The second-order valence-corrected chi connectivity index (χ2v) is 7.47. The molecule has 3 nitrogen and oxygen atoms in total. The van der Waals surface area contributed by atoms with Crippen molar-refractivity contribution in [3.8, 4) is 0 Å². The van der Waals surface area contributed by atoms with Gasteiger partial charge in [0.05, 0.1) is 5.60 Å². The van der Waals surface area contributed by atoms with Crippen LogP contribution in [0, 0.1) is 5.92 Å². The highest BCUT2D eigenvalue weighted by molar-refractivity contribution is 7.99. The van der Waals surface area contributed by atoms with Crippen LogP contribution in [0.3, 0.4) is 0 Å². The molecule has 2 saturated heterocycles. The monoisotopic (exact) mass is 284 g/mol. The summed E-state index contributed by atoms with van der Waals surface area (Å²) >= 11 is 2.01. The highest BCUT2D eigenvalue weighted by Crippen LogP contribution is 2.44. The minimum Gasteiger partial charge on any atom is -0.375 e. The maximum absolute atomic E-state index is 12.8. The minimum atomic E-state index is -0.438. The van der Waals surface area contributed by atoms with Crippen LogP contribution in [-0.4, -0.2) is 42.2 Å². The molecule has 3 aliphatic rings. The van der Waals surface area contributed by atoms with Crippen molar-refractivity contribution in [2.75, 3.05) is 25.2 Å². The predicted octanol–water partition coefficient (Wildman–Crippen LogP) is 2.82. The van der Waals surface area contributed by atoms with Gasteiger partial charge < -0.3 is 9.47 Å². The van der Waals surface area contributed by atoms with Crippen molar-refractivity contribution in [3.63, 3.8) is 0 Å². The van der Waals surface area contributed by atoms with E-state index in [-0.39, 0.29) is 11.5 Å². The first-order valence-electron chi connectivity index (χ1n) is 7.51. The number of Topliss-reactive ketones (excluding diaryl/α,β-unsaturated/α-hetero) is 1. The van der Waals surface area contributed by atoms with E-state index in [0.717, 1.165) is 51.6 Å². The molecule has 1 aliphatic carbocycles. The van der Waals surface area contributed by atoms with Gasteiger partial charge in [-0.25, -0.2) is 0 Å². The Bertz CT molecular complexity index is 334. The van der Waals surface area contributed by atoms with E-state index in [0.29, 0.717) is 5.78 Å². The summed E-state index contributed by atoms with van der Waals surface area (Å²) in [4.78, 5) is 12.8. The lowest BCUT2D eigenvalue weighted by Crippen LogP contribution is -2.53. The van der Waals surface area contributed by atoms with E-state index < -0.39 is 5.60 Å². The molecule has 0 aromatic rings. The van der Waals surface area contributed by atoms with E-state index in [4.69, 9.17) is 9.47 Å². The Morgan fingerprint density at radius 1 is 1.26 bits per heavy atom. The Kier molecular flexibility index (Phi) is 3.93. The van der Waals surface area contributed by atoms with Crippen LogP contribution < -0.4 is 0 Å². The third-order valence-electron chi connectivity index (χ3n) is 5.27. The highest BCUT2D eigenvalue weighted by Gasteiger charge is 2.50. The SMILES string of the molecule is COC1(C(=O)C2CCOC3(CCSCC3)C2)CCC1. The van der Waals surface area contributed by atoms with Crippen molar-refractivity contribution >= 4 is 17.5 Å². The zero-order chi connectivity index (χ0) is 13.3. The quantitative estimate of drug-likeness (QED) is 0.798. The van der Waals surface area contributed by atoms with Gasteiger partial charge in [-0.15, -0.1) is 0 Å². The van der Waals surface area contributed by atoms with Crippen molar-refractivity contribution in [1.29, 1.82) is 0 Å². The van der Waals surface area contributed by atoms with Crippen molar-refractivity contribution < 1.29 is 14.3 Å². The van der Waals surface area contributed by atoms with E-state index in [2.05, 4.69) is 0 Å². The number of methoxy groups -OCH3 is 1. The largest absolute Gasteiger partial charge is 0.375 e. The number of ketones is 1. The van der Waals surface area contributed by atoms with Crippen LogP contribution in [0.4, 0.5) is 0 Å². The fourth-order valence-electron chi connectivity index (χ4n) is 3.76. The van der Waals surface area contributed by atoms with Gasteiger partial charge in [-0.05, 0) is 56.5 Å². The van der Waals surface area contributed by atoms with Crippen molar-refractivity contribution in [3.05, 3.63) is 0 Å². The number of ether oxygens (including phenoxy) is 2. The normalized spacial score (nSPS) is 32.8. The number of carbonyl (C=O) groups is 1. The maximum Gasteiger partial charge on any atom is 0.167 e. The zero-order valence-corrected chi connectivity index (χ0v) is 12.6. The number of carbonyl (C=O) groups excluding carboxylic acids is 1. The lowest BCUT2D eigenvalue weighted by Gasteiger charge is -2.47. The van der Waals surface area contributed by atoms with E-state index in [1.165, 1.54) is 11.5 Å². The molecule has 0 aromatic carbocycles. The van der Waals surface area contributed by atoms with Crippen LogP contribution in [-0.2, 0) is 14.3 Å². The fourth-order valence-corrected chi connectivity index (χ4v) is 5.00. The van der Waals surface area contributed by atoms with E-state index in [9.17, 15) is 4.79 Å². The number of rotatable bonds is 3. The summed E-state index contributed by atoms with van der Waals surface area (Å²) in [5.74, 6) is 2.88. The van der Waals surface area contributed by atoms with Gasteiger partial charge in [-0.2, -0.15) is 11.8 Å². The molecule has 1 unspecified atom stereocenters. The standard InChI is InChI=1S/C15H24O3S/c1-17-15(4-2-5-15)13(16)12-3-8-18-14(11-12)6-9-19-10-7-14/h12H,2-11H2,1H3. The van der Waals surface area contributed by atoms with Crippen LogP contribution in [0.15, 0.2) is 0 Å². The molecule has 4 heteroatoms. The van der Waals surface area contributed by atoms with Crippen molar-refractivity contribution in [2.24, 2.45) is 5.92 Å². The molecule has 0 N–H and O–H groups in total. The highest BCUT2D eigenvalue weighted by atomic mass is 32.2. The Morgan fingerprint density at radius 3 is 2.58 bits per heavy atom. The van der Waals surface area contributed by atoms with Gasteiger partial charge in [-0.1, -0.05) is 0 Å². The van der Waals surface area contributed by atoms with Gasteiger partial charge in [0.2, 0.25) is 0 Å². The van der Waals surface area contributed by atoms with Crippen LogP contribution in [0.2, 0.25) is 0 Å². The molecular weight excluding hydrogens is 260 g/mol. The van der Waals surface area contributed by atoms with Gasteiger partial charge >= 0.3 is 0 Å². The smallest absolute Gasteiger partial charge is 0.167 e.